The van der Waals surface area contributed by atoms with Gasteiger partial charge in [-0.1, -0.05) is 41.9 Å². The number of H-pyrrole nitrogens is 1. The van der Waals surface area contributed by atoms with Crippen LogP contribution >= 0.6 is 11.6 Å². The molecule has 0 fully saturated rings. The second kappa shape index (κ2) is 5.88. The van der Waals surface area contributed by atoms with Crippen LogP contribution in [0.2, 0.25) is 5.02 Å². The molecule has 0 saturated heterocycles. The van der Waals surface area contributed by atoms with Gasteiger partial charge in [0.25, 0.3) is 0 Å². The predicted molar refractivity (Wildman–Crippen MR) is 83.5 cm³/mol. The van der Waals surface area contributed by atoms with E-state index in [9.17, 15) is 0 Å². The highest BCUT2D eigenvalue weighted by Gasteiger charge is 2.10. The van der Waals surface area contributed by atoms with Crippen LogP contribution in [0.25, 0.3) is 22.4 Å². The van der Waals surface area contributed by atoms with Crippen molar-refractivity contribution in [3.63, 3.8) is 0 Å². The molecule has 22 heavy (non-hydrogen) atoms. The number of hydrogen-bond acceptors (Lipinski definition) is 4. The monoisotopic (exact) mass is 310 g/mol. The van der Waals surface area contributed by atoms with Crippen LogP contribution in [0.3, 0.4) is 0 Å². The summed E-state index contributed by atoms with van der Waals surface area (Å²) in [4.78, 5) is 0. The smallest absolute Gasteiger partial charge is 0.190 e. The highest BCUT2D eigenvalue weighted by molar-refractivity contribution is 6.32. The van der Waals surface area contributed by atoms with Gasteiger partial charge in [0.1, 0.15) is 17.5 Å². The zero-order valence-corrected chi connectivity index (χ0v) is 12.4. The van der Waals surface area contributed by atoms with Crippen molar-refractivity contribution in [2.24, 2.45) is 0 Å². The molecule has 5 nitrogen and oxygen atoms in total. The minimum atomic E-state index is 0.278. The summed E-state index contributed by atoms with van der Waals surface area (Å²) in [5, 5.41) is 19.8. The van der Waals surface area contributed by atoms with Crippen LogP contribution in [0.4, 0.5) is 0 Å². The second-order valence-corrected chi connectivity index (χ2v) is 4.97. The summed E-state index contributed by atoms with van der Waals surface area (Å²) in [6.45, 7) is 0. The van der Waals surface area contributed by atoms with Crippen molar-refractivity contribution in [3.8, 4) is 34.2 Å². The molecule has 2 aromatic carbocycles. The lowest BCUT2D eigenvalue weighted by molar-refractivity contribution is 0.415. The minimum absolute atomic E-state index is 0.278. The van der Waals surface area contributed by atoms with Gasteiger partial charge >= 0.3 is 0 Å². The first-order valence-electron chi connectivity index (χ1n) is 6.48. The summed E-state index contributed by atoms with van der Waals surface area (Å²) in [7, 11) is 1.58. The molecule has 1 N–H and O–H groups in total. The third-order valence-electron chi connectivity index (χ3n) is 3.30. The molecule has 0 aliphatic rings. The maximum absolute atomic E-state index is 8.98. The fourth-order valence-electron chi connectivity index (χ4n) is 2.18. The van der Waals surface area contributed by atoms with Crippen molar-refractivity contribution < 1.29 is 4.74 Å². The molecule has 0 spiro atoms. The van der Waals surface area contributed by atoms with Gasteiger partial charge in [-0.2, -0.15) is 15.6 Å². The molecule has 0 amide bonds. The third-order valence-corrected chi connectivity index (χ3v) is 3.59. The Hall–Kier alpha value is -2.84. The van der Waals surface area contributed by atoms with E-state index in [0.29, 0.717) is 16.5 Å². The van der Waals surface area contributed by atoms with E-state index in [2.05, 4.69) is 15.4 Å². The second-order valence-electron chi connectivity index (χ2n) is 4.56. The number of rotatable bonds is 3. The van der Waals surface area contributed by atoms with Crippen LogP contribution in [0.1, 0.15) is 5.69 Å². The van der Waals surface area contributed by atoms with E-state index in [4.69, 9.17) is 21.6 Å². The van der Waals surface area contributed by atoms with E-state index >= 15 is 0 Å². The molecular weight excluding hydrogens is 300 g/mol. The van der Waals surface area contributed by atoms with Crippen molar-refractivity contribution in [1.82, 2.24) is 15.4 Å². The number of halogens is 1. The Labute approximate surface area is 132 Å². The Balaban J connectivity index is 1.95. The molecule has 3 rings (SSSR count). The van der Waals surface area contributed by atoms with Crippen molar-refractivity contribution in [3.05, 3.63) is 53.2 Å². The number of ether oxygens (including phenoxy) is 1. The largest absolute Gasteiger partial charge is 0.495 e. The lowest BCUT2D eigenvalue weighted by Crippen LogP contribution is -1.86. The Bertz CT molecular complexity index is 849. The molecule has 1 aromatic heterocycles. The number of nitrogens with one attached hydrogen (secondary N) is 1. The van der Waals surface area contributed by atoms with Crippen molar-refractivity contribution in [1.29, 1.82) is 5.26 Å². The summed E-state index contributed by atoms with van der Waals surface area (Å²) in [5.74, 6) is 0.642. The first kappa shape index (κ1) is 14.1. The molecule has 3 aromatic rings. The van der Waals surface area contributed by atoms with Gasteiger partial charge in [0, 0.05) is 5.56 Å². The Morgan fingerprint density at radius 3 is 2.36 bits per heavy atom. The molecule has 0 saturated carbocycles. The predicted octanol–water partition coefficient (Wildman–Crippen LogP) is 3.67. The molecule has 0 unspecified atom stereocenters. The van der Waals surface area contributed by atoms with Crippen LogP contribution in [0, 0.1) is 11.3 Å². The highest BCUT2D eigenvalue weighted by atomic mass is 35.5. The number of methoxy groups -OCH3 is 1. The molecular formula is C16H11ClN4O. The van der Waals surface area contributed by atoms with Gasteiger partial charge in [0.15, 0.2) is 5.69 Å². The fraction of sp³-hybridized carbons (Fsp3) is 0.0625. The van der Waals surface area contributed by atoms with Crippen LogP contribution < -0.4 is 4.74 Å². The molecule has 0 bridgehead atoms. The molecule has 6 heteroatoms. The average Bonchev–Trinajstić information content (AvgIpc) is 3.03. The van der Waals surface area contributed by atoms with Gasteiger partial charge in [-0.25, -0.2) is 0 Å². The van der Waals surface area contributed by atoms with Crippen LogP contribution in [0.5, 0.6) is 5.75 Å². The molecule has 0 aliphatic heterocycles. The number of nitriles is 1. The summed E-state index contributed by atoms with van der Waals surface area (Å²) in [5.41, 5.74) is 3.64. The summed E-state index contributed by atoms with van der Waals surface area (Å²) < 4.78 is 5.15. The first-order chi connectivity index (χ1) is 10.7. The topological polar surface area (TPSA) is 74.6 Å². The minimum Gasteiger partial charge on any atom is -0.495 e. The maximum atomic E-state index is 8.98. The van der Waals surface area contributed by atoms with Gasteiger partial charge in [0.05, 0.1) is 12.1 Å². The van der Waals surface area contributed by atoms with Gasteiger partial charge < -0.3 is 4.74 Å². The van der Waals surface area contributed by atoms with Crippen molar-refractivity contribution in [2.75, 3.05) is 7.11 Å². The zero-order valence-electron chi connectivity index (χ0n) is 11.7. The van der Waals surface area contributed by atoms with E-state index in [-0.39, 0.29) is 5.69 Å². The lowest BCUT2D eigenvalue weighted by Gasteiger charge is -2.07. The SMILES string of the molecule is COc1ccc(-c2ccc(-c3n[nH]nc3C#N)cc2)cc1Cl. The molecule has 0 atom stereocenters. The average molecular weight is 311 g/mol. The molecule has 108 valence electrons. The number of hydrogen-bond donors (Lipinski definition) is 1. The van der Waals surface area contributed by atoms with E-state index in [1.807, 2.05) is 48.5 Å². The van der Waals surface area contributed by atoms with E-state index in [0.717, 1.165) is 16.7 Å². The summed E-state index contributed by atoms with van der Waals surface area (Å²) in [6, 6.07) is 15.3. The number of benzene rings is 2. The quantitative estimate of drug-likeness (QED) is 0.801. The van der Waals surface area contributed by atoms with Crippen LogP contribution in [-0.4, -0.2) is 22.5 Å². The van der Waals surface area contributed by atoms with Crippen molar-refractivity contribution in [2.45, 2.75) is 0 Å². The van der Waals surface area contributed by atoms with E-state index in [1.165, 1.54) is 0 Å². The number of aromatic amines is 1. The maximum Gasteiger partial charge on any atom is 0.190 e. The Morgan fingerprint density at radius 1 is 1.05 bits per heavy atom. The standard InChI is InChI=1S/C16H11ClN4O/c1-22-15-7-6-12(8-13(15)17)10-2-4-11(5-3-10)16-14(9-18)19-21-20-16/h2-8H,1H3,(H,19,20,21). The van der Waals surface area contributed by atoms with Gasteiger partial charge in [0.2, 0.25) is 0 Å². The highest BCUT2D eigenvalue weighted by Crippen LogP contribution is 2.31. The van der Waals surface area contributed by atoms with Gasteiger partial charge in [-0.05, 0) is 23.3 Å². The fourth-order valence-corrected chi connectivity index (χ4v) is 2.43. The van der Waals surface area contributed by atoms with E-state index < -0.39 is 0 Å². The normalized spacial score (nSPS) is 10.2. The van der Waals surface area contributed by atoms with E-state index in [1.54, 1.807) is 7.11 Å². The number of aromatic nitrogens is 3. The summed E-state index contributed by atoms with van der Waals surface area (Å²) >= 11 is 6.15. The summed E-state index contributed by atoms with van der Waals surface area (Å²) in [6.07, 6.45) is 0. The molecule has 1 heterocycles. The zero-order chi connectivity index (χ0) is 15.5. The van der Waals surface area contributed by atoms with Crippen LogP contribution in [-0.2, 0) is 0 Å². The third kappa shape index (κ3) is 2.52. The van der Waals surface area contributed by atoms with Crippen LogP contribution in [0.15, 0.2) is 42.5 Å². The molecule has 0 aliphatic carbocycles. The lowest BCUT2D eigenvalue weighted by atomic mass is 10.0. The van der Waals surface area contributed by atoms with Crippen molar-refractivity contribution >= 4 is 11.6 Å². The Kier molecular flexibility index (Phi) is 3.77. The molecule has 0 radical (unpaired) electrons. The van der Waals surface area contributed by atoms with Gasteiger partial charge in [-0.15, -0.1) is 5.10 Å². The van der Waals surface area contributed by atoms with Gasteiger partial charge in [-0.3, -0.25) is 0 Å². The first-order valence-corrected chi connectivity index (χ1v) is 6.86. The Morgan fingerprint density at radius 2 is 1.73 bits per heavy atom. The number of nitrogens with zero attached hydrogens (tertiary/aromatic N) is 3.